The molecule has 0 unspecified atom stereocenters. The van der Waals surface area contributed by atoms with Crippen LogP contribution in [0, 0.1) is 6.92 Å². The van der Waals surface area contributed by atoms with E-state index in [0.29, 0.717) is 6.54 Å². The van der Waals surface area contributed by atoms with Crippen LogP contribution in [0.25, 0.3) is 0 Å². The zero-order valence-corrected chi connectivity index (χ0v) is 18.3. The molecule has 0 bridgehead atoms. The number of hydrogen-bond donors (Lipinski definition) is 1. The predicted octanol–water partition coefficient (Wildman–Crippen LogP) is 2.64. The molecule has 0 aliphatic carbocycles. The number of sulfonamides is 1. The van der Waals surface area contributed by atoms with E-state index in [2.05, 4.69) is 4.72 Å². The minimum Gasteiger partial charge on any atom is -0.456 e. The fraction of sp³-hybridized carbons (Fsp3) is 0.364. The third-order valence-corrected chi connectivity index (χ3v) is 5.93. The molecule has 0 saturated carbocycles. The van der Waals surface area contributed by atoms with Gasteiger partial charge in [0.2, 0.25) is 10.0 Å². The summed E-state index contributed by atoms with van der Waals surface area (Å²) < 4.78 is 31.8. The fourth-order valence-electron chi connectivity index (χ4n) is 2.72. The van der Waals surface area contributed by atoms with Gasteiger partial charge in [0.15, 0.2) is 6.61 Å². The summed E-state index contributed by atoms with van der Waals surface area (Å²) in [5, 5.41) is 0. The number of amides is 1. The molecule has 0 fully saturated rings. The Morgan fingerprint density at radius 2 is 1.67 bits per heavy atom. The number of nitrogens with zero attached hydrogens (tertiary/aromatic N) is 1. The van der Waals surface area contributed by atoms with Crippen LogP contribution in [0.3, 0.4) is 0 Å². The van der Waals surface area contributed by atoms with E-state index in [-0.39, 0.29) is 36.4 Å². The van der Waals surface area contributed by atoms with Crippen LogP contribution in [0.4, 0.5) is 0 Å². The minimum atomic E-state index is -3.70. The van der Waals surface area contributed by atoms with Crippen LogP contribution in [-0.2, 0) is 30.9 Å². The second-order valence-corrected chi connectivity index (χ2v) is 8.99. The van der Waals surface area contributed by atoms with E-state index >= 15 is 0 Å². The Hall–Kier alpha value is -2.71. The van der Waals surface area contributed by atoms with Gasteiger partial charge in [-0.3, -0.25) is 9.59 Å². The average molecular weight is 433 g/mol. The van der Waals surface area contributed by atoms with Crippen molar-refractivity contribution in [2.75, 3.05) is 13.2 Å². The van der Waals surface area contributed by atoms with Crippen molar-refractivity contribution >= 4 is 21.9 Å². The highest BCUT2D eigenvalue weighted by atomic mass is 32.2. The summed E-state index contributed by atoms with van der Waals surface area (Å²) in [5.74, 6) is -0.944. The SMILES string of the molecule is Cc1ccc(S(=O)(=O)NCCC(=O)OCC(=O)N(Cc2ccccc2)C(C)C)cc1. The van der Waals surface area contributed by atoms with Gasteiger partial charge >= 0.3 is 5.97 Å². The topological polar surface area (TPSA) is 92.8 Å². The van der Waals surface area contributed by atoms with Gasteiger partial charge < -0.3 is 9.64 Å². The highest BCUT2D eigenvalue weighted by Crippen LogP contribution is 2.10. The second kappa shape index (κ2) is 10.9. The molecule has 0 saturated heterocycles. The van der Waals surface area contributed by atoms with Crippen molar-refractivity contribution < 1.29 is 22.7 Å². The number of rotatable bonds is 10. The van der Waals surface area contributed by atoms with Crippen LogP contribution < -0.4 is 4.72 Å². The van der Waals surface area contributed by atoms with E-state index in [0.717, 1.165) is 11.1 Å². The zero-order valence-electron chi connectivity index (χ0n) is 17.5. The lowest BCUT2D eigenvalue weighted by Gasteiger charge is -2.26. The molecule has 2 rings (SSSR count). The van der Waals surface area contributed by atoms with Crippen LogP contribution in [0.2, 0.25) is 0 Å². The number of carbonyl (C=O) groups excluding carboxylic acids is 2. The maximum atomic E-state index is 12.5. The summed E-state index contributed by atoms with van der Waals surface area (Å²) in [5.41, 5.74) is 1.93. The van der Waals surface area contributed by atoms with Crippen LogP contribution in [0.5, 0.6) is 0 Å². The first-order valence-corrected chi connectivity index (χ1v) is 11.2. The number of benzene rings is 2. The molecule has 0 spiro atoms. The van der Waals surface area contributed by atoms with E-state index in [1.165, 1.54) is 12.1 Å². The van der Waals surface area contributed by atoms with E-state index < -0.39 is 16.0 Å². The Morgan fingerprint density at radius 1 is 1.03 bits per heavy atom. The molecule has 0 aliphatic heterocycles. The number of aryl methyl sites for hydroxylation is 1. The number of hydrogen-bond acceptors (Lipinski definition) is 5. The van der Waals surface area contributed by atoms with Crippen LogP contribution in [0.15, 0.2) is 59.5 Å². The largest absolute Gasteiger partial charge is 0.456 e. The lowest BCUT2D eigenvalue weighted by molar-refractivity contribution is -0.153. The molecule has 2 aromatic rings. The predicted molar refractivity (Wildman–Crippen MR) is 114 cm³/mol. The average Bonchev–Trinajstić information content (AvgIpc) is 2.71. The van der Waals surface area contributed by atoms with Crippen molar-refractivity contribution in [1.29, 1.82) is 0 Å². The highest BCUT2D eigenvalue weighted by molar-refractivity contribution is 7.89. The van der Waals surface area contributed by atoms with Gasteiger partial charge in [-0.25, -0.2) is 13.1 Å². The van der Waals surface area contributed by atoms with Crippen molar-refractivity contribution in [3.8, 4) is 0 Å². The summed E-state index contributed by atoms with van der Waals surface area (Å²) in [7, 11) is -3.70. The number of nitrogens with one attached hydrogen (secondary N) is 1. The van der Waals surface area contributed by atoms with Gasteiger partial charge in [-0.1, -0.05) is 48.0 Å². The molecule has 1 amide bonds. The molecule has 2 aromatic carbocycles. The molecule has 0 atom stereocenters. The Labute approximate surface area is 178 Å². The number of ether oxygens (including phenoxy) is 1. The van der Waals surface area contributed by atoms with Crippen molar-refractivity contribution in [2.45, 2.75) is 44.7 Å². The van der Waals surface area contributed by atoms with Gasteiger partial charge in [-0.05, 0) is 38.5 Å². The molecule has 8 heteroatoms. The highest BCUT2D eigenvalue weighted by Gasteiger charge is 2.19. The molecule has 30 heavy (non-hydrogen) atoms. The van der Waals surface area contributed by atoms with Crippen LogP contribution >= 0.6 is 0 Å². The first-order chi connectivity index (χ1) is 14.2. The van der Waals surface area contributed by atoms with Gasteiger partial charge in [0.25, 0.3) is 5.91 Å². The normalized spacial score (nSPS) is 11.3. The Morgan fingerprint density at radius 3 is 2.27 bits per heavy atom. The van der Waals surface area contributed by atoms with Crippen molar-refractivity contribution in [3.05, 3.63) is 65.7 Å². The Balaban J connectivity index is 1.80. The van der Waals surface area contributed by atoms with Crippen LogP contribution in [-0.4, -0.2) is 44.4 Å². The standard InChI is InChI=1S/C22H28N2O5S/c1-17(2)24(15-19-7-5-4-6-8-19)21(25)16-29-22(26)13-14-23-30(27,28)20-11-9-18(3)10-12-20/h4-12,17,23H,13-16H2,1-3H3. The Bertz CT molecular complexity index is 941. The molecular formula is C22H28N2O5S. The first-order valence-electron chi connectivity index (χ1n) is 9.74. The van der Waals surface area contributed by atoms with Gasteiger partial charge in [0.1, 0.15) is 0 Å². The molecule has 0 heterocycles. The van der Waals surface area contributed by atoms with Gasteiger partial charge in [-0.2, -0.15) is 0 Å². The lowest BCUT2D eigenvalue weighted by Crippen LogP contribution is -2.39. The van der Waals surface area contributed by atoms with E-state index in [1.54, 1.807) is 17.0 Å². The number of carbonyl (C=O) groups is 2. The number of esters is 1. The summed E-state index contributed by atoms with van der Waals surface area (Å²) in [4.78, 5) is 26.2. The molecule has 0 aliphatic rings. The smallest absolute Gasteiger partial charge is 0.307 e. The second-order valence-electron chi connectivity index (χ2n) is 7.22. The fourth-order valence-corrected chi connectivity index (χ4v) is 3.76. The summed E-state index contributed by atoms with van der Waals surface area (Å²) in [6.45, 7) is 5.58. The molecule has 7 nitrogen and oxygen atoms in total. The molecule has 0 aromatic heterocycles. The molecular weight excluding hydrogens is 404 g/mol. The third-order valence-electron chi connectivity index (χ3n) is 4.45. The molecule has 0 radical (unpaired) electrons. The minimum absolute atomic E-state index is 0.0577. The van der Waals surface area contributed by atoms with Crippen LogP contribution in [0.1, 0.15) is 31.4 Å². The zero-order chi connectivity index (χ0) is 22.1. The third kappa shape index (κ3) is 7.27. The van der Waals surface area contributed by atoms with Gasteiger partial charge in [-0.15, -0.1) is 0 Å². The Kier molecular flexibility index (Phi) is 8.56. The summed E-state index contributed by atoms with van der Waals surface area (Å²) in [6, 6.07) is 15.9. The maximum Gasteiger partial charge on any atom is 0.307 e. The van der Waals surface area contributed by atoms with E-state index in [9.17, 15) is 18.0 Å². The monoisotopic (exact) mass is 432 g/mol. The van der Waals surface area contributed by atoms with E-state index in [1.807, 2.05) is 51.1 Å². The van der Waals surface area contributed by atoms with Crippen molar-refractivity contribution in [2.24, 2.45) is 0 Å². The first kappa shape index (κ1) is 23.6. The van der Waals surface area contributed by atoms with E-state index in [4.69, 9.17) is 4.74 Å². The quantitative estimate of drug-likeness (QED) is 0.583. The maximum absolute atomic E-state index is 12.5. The summed E-state index contributed by atoms with van der Waals surface area (Å²) >= 11 is 0. The molecule has 162 valence electrons. The molecule has 1 N–H and O–H groups in total. The van der Waals surface area contributed by atoms with Crippen molar-refractivity contribution in [3.63, 3.8) is 0 Å². The van der Waals surface area contributed by atoms with Gasteiger partial charge in [0, 0.05) is 19.1 Å². The van der Waals surface area contributed by atoms with Crippen molar-refractivity contribution in [1.82, 2.24) is 9.62 Å². The lowest BCUT2D eigenvalue weighted by atomic mass is 10.2. The van der Waals surface area contributed by atoms with Gasteiger partial charge in [0.05, 0.1) is 11.3 Å². The summed E-state index contributed by atoms with van der Waals surface area (Å²) in [6.07, 6.45) is -0.168.